The molecule has 1 aromatic heterocycles. The highest BCUT2D eigenvalue weighted by molar-refractivity contribution is 14.1. The number of aromatic nitrogens is 1. The monoisotopic (exact) mass is 498 g/mol. The number of alkyl halides is 3. The number of halogens is 5. The quantitative estimate of drug-likeness (QED) is 0.333. The number of rotatable bonds is 5. The van der Waals surface area contributed by atoms with Crippen LogP contribution < -0.4 is 4.74 Å². The SMILES string of the molecule is O=C1c2ccnc(Cl)c2CN1Cc1ccc(OCC(F)(F)I)c(Cl)c1. The minimum Gasteiger partial charge on any atom is -0.485 e. The Morgan fingerprint density at radius 2 is 2.08 bits per heavy atom. The fourth-order valence-corrected chi connectivity index (χ4v) is 3.15. The Kier molecular flexibility index (Phi) is 5.36. The molecule has 1 aliphatic rings. The number of carbonyl (C=O) groups is 1. The zero-order valence-corrected chi connectivity index (χ0v) is 16.3. The van der Waals surface area contributed by atoms with Gasteiger partial charge in [-0.2, -0.15) is 8.78 Å². The van der Waals surface area contributed by atoms with Crippen LogP contribution >= 0.6 is 45.8 Å². The lowest BCUT2D eigenvalue weighted by Crippen LogP contribution is -2.23. The summed E-state index contributed by atoms with van der Waals surface area (Å²) >= 11 is 13.1. The average molecular weight is 499 g/mol. The van der Waals surface area contributed by atoms with Crippen molar-refractivity contribution in [2.24, 2.45) is 0 Å². The van der Waals surface area contributed by atoms with E-state index in [4.69, 9.17) is 27.9 Å². The summed E-state index contributed by atoms with van der Waals surface area (Å²) in [6.45, 7) is -0.0951. The molecular formula is C16H11Cl2F2IN2O2. The molecule has 0 fully saturated rings. The van der Waals surface area contributed by atoms with Gasteiger partial charge < -0.3 is 9.64 Å². The van der Waals surface area contributed by atoms with E-state index >= 15 is 0 Å². The number of ether oxygens (including phenoxy) is 1. The Labute approximate surface area is 166 Å². The van der Waals surface area contributed by atoms with Crippen LogP contribution in [-0.4, -0.2) is 26.3 Å². The summed E-state index contributed by atoms with van der Waals surface area (Å²) in [5.74, 6) is 0.0327. The van der Waals surface area contributed by atoms with Crippen molar-refractivity contribution in [3.05, 3.63) is 57.3 Å². The molecule has 2 aromatic rings. The van der Waals surface area contributed by atoms with Gasteiger partial charge in [0.05, 0.1) is 11.6 Å². The van der Waals surface area contributed by atoms with Gasteiger partial charge in [0.25, 0.3) is 5.91 Å². The number of carbonyl (C=O) groups excluding carboxylic acids is 1. The van der Waals surface area contributed by atoms with Gasteiger partial charge in [-0.1, -0.05) is 29.3 Å². The van der Waals surface area contributed by atoms with Crippen molar-refractivity contribution in [2.45, 2.75) is 17.0 Å². The Balaban J connectivity index is 1.71. The van der Waals surface area contributed by atoms with Crippen molar-refractivity contribution >= 4 is 51.7 Å². The number of fused-ring (bicyclic) bond motifs is 1. The topological polar surface area (TPSA) is 42.4 Å². The van der Waals surface area contributed by atoms with E-state index in [1.165, 1.54) is 12.3 Å². The normalized spacial score (nSPS) is 14.0. The highest BCUT2D eigenvalue weighted by Crippen LogP contribution is 2.32. The van der Waals surface area contributed by atoms with E-state index in [1.54, 1.807) is 23.1 Å². The first-order valence-electron chi connectivity index (χ1n) is 7.15. The molecule has 0 spiro atoms. The van der Waals surface area contributed by atoms with E-state index in [0.717, 1.165) is 28.2 Å². The third-order valence-corrected chi connectivity index (χ3v) is 4.56. The lowest BCUT2D eigenvalue weighted by Gasteiger charge is -2.17. The maximum absolute atomic E-state index is 12.9. The maximum atomic E-state index is 12.9. The standard InChI is InChI=1S/C16H11Cl2F2IN2O2/c17-12-5-9(1-2-13(12)25-8-16(19,20)21)6-23-7-11-10(15(23)24)3-4-22-14(11)18/h1-5H,6-8H2. The average Bonchev–Trinajstić information content (AvgIpc) is 2.84. The Hall–Kier alpha value is -1.19. The molecule has 9 heteroatoms. The van der Waals surface area contributed by atoms with E-state index in [-0.39, 0.29) is 16.7 Å². The van der Waals surface area contributed by atoms with Crippen LogP contribution in [-0.2, 0) is 13.1 Å². The van der Waals surface area contributed by atoms with Gasteiger partial charge in [-0.05, 0) is 23.8 Å². The predicted octanol–water partition coefficient (Wildman–Crippen LogP) is 4.95. The first-order chi connectivity index (χ1) is 11.7. The molecule has 2 heterocycles. The number of hydrogen-bond acceptors (Lipinski definition) is 3. The number of nitrogens with zero attached hydrogens (tertiary/aromatic N) is 2. The fourth-order valence-electron chi connectivity index (χ4n) is 2.52. The molecule has 3 rings (SSSR count). The summed E-state index contributed by atoms with van der Waals surface area (Å²) in [6, 6.07) is 6.43. The maximum Gasteiger partial charge on any atom is 0.329 e. The van der Waals surface area contributed by atoms with Crippen LogP contribution in [0.25, 0.3) is 0 Å². The zero-order valence-electron chi connectivity index (χ0n) is 12.6. The lowest BCUT2D eigenvalue weighted by atomic mass is 10.2. The minimum absolute atomic E-state index is 0.139. The first-order valence-corrected chi connectivity index (χ1v) is 8.99. The Morgan fingerprint density at radius 3 is 2.72 bits per heavy atom. The van der Waals surface area contributed by atoms with Crippen LogP contribution in [0.2, 0.25) is 10.2 Å². The molecule has 0 aliphatic carbocycles. The molecule has 0 saturated heterocycles. The van der Waals surface area contributed by atoms with E-state index in [1.807, 2.05) is 0 Å². The number of pyridine rings is 1. The van der Waals surface area contributed by atoms with Crippen molar-refractivity contribution in [3.8, 4) is 5.75 Å². The summed E-state index contributed by atoms with van der Waals surface area (Å²) < 4.78 is 27.8. The van der Waals surface area contributed by atoms with Crippen LogP contribution in [0.1, 0.15) is 21.5 Å². The summed E-state index contributed by atoms with van der Waals surface area (Å²) in [7, 11) is 0. The highest BCUT2D eigenvalue weighted by atomic mass is 127. The third kappa shape index (κ3) is 4.32. The molecule has 1 aliphatic heterocycles. The third-order valence-electron chi connectivity index (χ3n) is 3.63. The van der Waals surface area contributed by atoms with Crippen LogP contribution in [0, 0.1) is 0 Å². The van der Waals surface area contributed by atoms with Gasteiger partial charge in [-0.25, -0.2) is 4.98 Å². The molecule has 0 radical (unpaired) electrons. The smallest absolute Gasteiger partial charge is 0.329 e. The van der Waals surface area contributed by atoms with Gasteiger partial charge in [0.15, 0.2) is 6.61 Å². The predicted molar refractivity (Wildman–Crippen MR) is 98.7 cm³/mol. The first kappa shape index (κ1) is 18.6. The van der Waals surface area contributed by atoms with Gasteiger partial charge in [0, 0.05) is 46.5 Å². The fraction of sp³-hybridized carbons (Fsp3) is 0.250. The van der Waals surface area contributed by atoms with Crippen LogP contribution in [0.3, 0.4) is 0 Å². The summed E-state index contributed by atoms with van der Waals surface area (Å²) in [5, 5.41) is 0.525. The van der Waals surface area contributed by atoms with Crippen molar-refractivity contribution in [1.82, 2.24) is 9.88 Å². The van der Waals surface area contributed by atoms with Gasteiger partial charge in [0.2, 0.25) is 0 Å². The minimum atomic E-state index is -2.97. The van der Waals surface area contributed by atoms with Crippen molar-refractivity contribution in [3.63, 3.8) is 0 Å². The van der Waals surface area contributed by atoms with E-state index in [9.17, 15) is 13.6 Å². The number of hydrogen-bond donors (Lipinski definition) is 0. The summed E-state index contributed by atoms with van der Waals surface area (Å²) in [5.41, 5.74) is 1.99. The molecule has 0 unspecified atom stereocenters. The molecule has 25 heavy (non-hydrogen) atoms. The van der Waals surface area contributed by atoms with E-state index in [2.05, 4.69) is 4.98 Å². The van der Waals surface area contributed by atoms with Crippen molar-refractivity contribution in [1.29, 1.82) is 0 Å². The highest BCUT2D eigenvalue weighted by Gasteiger charge is 2.30. The summed E-state index contributed by atoms with van der Waals surface area (Å²) in [4.78, 5) is 18.0. The molecule has 0 N–H and O–H groups in total. The second kappa shape index (κ2) is 7.20. The van der Waals surface area contributed by atoms with E-state index < -0.39 is 10.5 Å². The second-order valence-corrected chi connectivity index (χ2v) is 7.80. The van der Waals surface area contributed by atoms with E-state index in [0.29, 0.717) is 29.4 Å². The van der Waals surface area contributed by atoms with Crippen LogP contribution in [0.4, 0.5) is 8.78 Å². The molecule has 0 bridgehead atoms. The van der Waals surface area contributed by atoms with Gasteiger partial charge in [-0.15, -0.1) is 0 Å². The zero-order chi connectivity index (χ0) is 18.2. The van der Waals surface area contributed by atoms with Gasteiger partial charge >= 0.3 is 3.93 Å². The van der Waals surface area contributed by atoms with Gasteiger partial charge in [-0.3, -0.25) is 4.79 Å². The number of benzene rings is 1. The molecule has 0 saturated carbocycles. The van der Waals surface area contributed by atoms with Crippen molar-refractivity contribution in [2.75, 3.05) is 6.61 Å². The molecule has 1 aromatic carbocycles. The second-order valence-electron chi connectivity index (χ2n) is 5.46. The molecule has 0 atom stereocenters. The molecular weight excluding hydrogens is 488 g/mol. The molecule has 4 nitrogen and oxygen atoms in total. The van der Waals surface area contributed by atoms with Crippen molar-refractivity contribution < 1.29 is 18.3 Å². The Morgan fingerprint density at radius 1 is 1.32 bits per heavy atom. The van der Waals surface area contributed by atoms with Gasteiger partial charge in [0.1, 0.15) is 10.9 Å². The van der Waals surface area contributed by atoms with Crippen LogP contribution in [0.15, 0.2) is 30.5 Å². The largest absolute Gasteiger partial charge is 0.485 e. The molecule has 132 valence electrons. The Bertz CT molecular complexity index is 830. The number of amides is 1. The lowest BCUT2D eigenvalue weighted by molar-refractivity contribution is 0.0647. The summed E-state index contributed by atoms with van der Waals surface area (Å²) in [6.07, 6.45) is 1.49. The van der Waals surface area contributed by atoms with Crippen LogP contribution in [0.5, 0.6) is 5.75 Å². The molecule has 1 amide bonds.